The number of ether oxygens (including phenoxy) is 1. The Morgan fingerprint density at radius 1 is 1.19 bits per heavy atom. The summed E-state index contributed by atoms with van der Waals surface area (Å²) in [6.07, 6.45) is 1.42. The quantitative estimate of drug-likeness (QED) is 0.759. The largest absolute Gasteiger partial charge is 0.378 e. The summed E-state index contributed by atoms with van der Waals surface area (Å²) in [5.41, 5.74) is 2.28. The second-order valence-corrected chi connectivity index (χ2v) is 6.92. The molecule has 1 saturated heterocycles. The van der Waals surface area contributed by atoms with E-state index in [2.05, 4.69) is 15.2 Å². The molecule has 8 heteroatoms. The molecule has 1 fully saturated rings. The summed E-state index contributed by atoms with van der Waals surface area (Å²) < 4.78 is 7.25. The van der Waals surface area contributed by atoms with Crippen LogP contribution >= 0.6 is 11.3 Å². The average Bonchev–Trinajstić information content (AvgIpc) is 3.15. The number of fused-ring (bicyclic) bond motifs is 1. The molecule has 0 atom stereocenters. The van der Waals surface area contributed by atoms with Gasteiger partial charge in [0.2, 0.25) is 5.91 Å². The number of nitrogens with zero attached hydrogens (tertiary/aromatic N) is 3. The molecule has 0 spiro atoms. The van der Waals surface area contributed by atoms with E-state index in [1.807, 2.05) is 29.6 Å². The fraction of sp³-hybridized carbons (Fsp3) is 0.278. The van der Waals surface area contributed by atoms with E-state index < -0.39 is 0 Å². The normalized spacial score (nSPS) is 14.5. The molecule has 3 aromatic rings. The van der Waals surface area contributed by atoms with Gasteiger partial charge in [-0.25, -0.2) is 4.98 Å². The molecular formula is C18H18N4O3S. The van der Waals surface area contributed by atoms with Crippen molar-refractivity contribution in [3.05, 3.63) is 52.4 Å². The third-order valence-corrected chi connectivity index (χ3v) is 5.17. The lowest BCUT2D eigenvalue weighted by molar-refractivity contribution is -0.116. The van der Waals surface area contributed by atoms with Crippen LogP contribution in [0.4, 0.5) is 11.4 Å². The number of hydrogen-bond donors (Lipinski definition) is 1. The highest BCUT2D eigenvalue weighted by Crippen LogP contribution is 2.19. The molecule has 0 unspecified atom stereocenters. The van der Waals surface area contributed by atoms with Crippen LogP contribution in [0.1, 0.15) is 0 Å². The smallest absolute Gasteiger partial charge is 0.271 e. The summed E-state index contributed by atoms with van der Waals surface area (Å²) in [5, 5.41) is 4.64. The molecule has 0 aliphatic carbocycles. The standard InChI is InChI=1S/C18H18N4O3S/c23-16(11-22-12-19-15-5-10-26-17(15)18(22)24)20-13-1-3-14(4-2-13)21-6-8-25-9-7-21/h1-5,10,12H,6-9,11H2,(H,20,23). The Morgan fingerprint density at radius 3 is 2.73 bits per heavy atom. The van der Waals surface area contributed by atoms with Crippen molar-refractivity contribution in [1.82, 2.24) is 9.55 Å². The molecular weight excluding hydrogens is 352 g/mol. The van der Waals surface area contributed by atoms with Gasteiger partial charge in [0, 0.05) is 24.5 Å². The van der Waals surface area contributed by atoms with Gasteiger partial charge in [-0.2, -0.15) is 0 Å². The lowest BCUT2D eigenvalue weighted by Gasteiger charge is -2.28. The third kappa shape index (κ3) is 3.47. The van der Waals surface area contributed by atoms with Crippen molar-refractivity contribution in [2.75, 3.05) is 36.5 Å². The van der Waals surface area contributed by atoms with Gasteiger partial charge in [0.1, 0.15) is 11.2 Å². The number of anilines is 2. The number of thiophene rings is 1. The van der Waals surface area contributed by atoms with Gasteiger partial charge in [0.15, 0.2) is 0 Å². The minimum absolute atomic E-state index is 0.0646. The van der Waals surface area contributed by atoms with Crippen molar-refractivity contribution < 1.29 is 9.53 Å². The summed E-state index contributed by atoms with van der Waals surface area (Å²) in [6.45, 7) is 3.14. The van der Waals surface area contributed by atoms with Gasteiger partial charge in [-0.05, 0) is 35.7 Å². The van der Waals surface area contributed by atoms with Crippen LogP contribution in [0.3, 0.4) is 0 Å². The number of amides is 1. The first-order valence-electron chi connectivity index (χ1n) is 8.36. The SMILES string of the molecule is O=C(Cn1cnc2ccsc2c1=O)Nc1ccc(N2CCOCC2)cc1. The second-order valence-electron chi connectivity index (χ2n) is 6.01. The van der Waals surface area contributed by atoms with Gasteiger partial charge < -0.3 is 15.0 Å². The van der Waals surface area contributed by atoms with E-state index in [1.54, 1.807) is 6.07 Å². The molecule has 26 heavy (non-hydrogen) atoms. The molecule has 134 valence electrons. The summed E-state index contributed by atoms with van der Waals surface area (Å²) in [7, 11) is 0. The molecule has 1 aliphatic heterocycles. The molecule has 2 aromatic heterocycles. The fourth-order valence-corrected chi connectivity index (χ4v) is 3.72. The van der Waals surface area contributed by atoms with Crippen LogP contribution in [0.2, 0.25) is 0 Å². The zero-order valence-corrected chi connectivity index (χ0v) is 14.9. The van der Waals surface area contributed by atoms with Gasteiger partial charge in [-0.1, -0.05) is 0 Å². The minimum Gasteiger partial charge on any atom is -0.378 e. The van der Waals surface area contributed by atoms with Crippen molar-refractivity contribution in [2.45, 2.75) is 6.54 Å². The first-order chi connectivity index (χ1) is 12.7. The van der Waals surface area contributed by atoms with E-state index in [1.165, 1.54) is 22.2 Å². The van der Waals surface area contributed by atoms with Gasteiger partial charge in [0.05, 0.1) is 25.1 Å². The predicted octanol–water partition coefficient (Wildman–Crippen LogP) is 1.93. The van der Waals surface area contributed by atoms with Crippen molar-refractivity contribution in [2.24, 2.45) is 0 Å². The van der Waals surface area contributed by atoms with E-state index in [-0.39, 0.29) is 18.0 Å². The van der Waals surface area contributed by atoms with E-state index in [9.17, 15) is 9.59 Å². The minimum atomic E-state index is -0.260. The molecule has 4 rings (SSSR count). The molecule has 0 bridgehead atoms. The Labute approximate surface area is 153 Å². The van der Waals surface area contributed by atoms with Gasteiger partial charge in [-0.15, -0.1) is 11.3 Å². The summed E-state index contributed by atoms with van der Waals surface area (Å²) >= 11 is 1.33. The Kier molecular flexibility index (Phi) is 4.68. The van der Waals surface area contributed by atoms with Crippen LogP contribution < -0.4 is 15.8 Å². The van der Waals surface area contributed by atoms with E-state index in [0.29, 0.717) is 15.9 Å². The lowest BCUT2D eigenvalue weighted by Crippen LogP contribution is -2.36. The Hall–Kier alpha value is -2.71. The highest BCUT2D eigenvalue weighted by atomic mass is 32.1. The van der Waals surface area contributed by atoms with Crippen LogP contribution in [-0.2, 0) is 16.1 Å². The van der Waals surface area contributed by atoms with Crippen LogP contribution in [0.5, 0.6) is 0 Å². The molecule has 0 radical (unpaired) electrons. The fourth-order valence-electron chi connectivity index (χ4n) is 2.92. The van der Waals surface area contributed by atoms with Gasteiger partial charge >= 0.3 is 0 Å². The molecule has 1 N–H and O–H groups in total. The Bertz CT molecular complexity index is 974. The number of nitrogens with one attached hydrogen (secondary N) is 1. The predicted molar refractivity (Wildman–Crippen MR) is 102 cm³/mol. The van der Waals surface area contributed by atoms with Crippen molar-refractivity contribution >= 4 is 38.8 Å². The third-order valence-electron chi connectivity index (χ3n) is 4.28. The summed E-state index contributed by atoms with van der Waals surface area (Å²) in [4.78, 5) is 31.1. The molecule has 3 heterocycles. The van der Waals surface area contributed by atoms with E-state index in [4.69, 9.17) is 4.74 Å². The zero-order chi connectivity index (χ0) is 17.9. The van der Waals surface area contributed by atoms with Crippen LogP contribution in [0.15, 0.2) is 46.8 Å². The van der Waals surface area contributed by atoms with Crippen molar-refractivity contribution in [1.29, 1.82) is 0 Å². The lowest BCUT2D eigenvalue weighted by atomic mass is 10.2. The monoisotopic (exact) mass is 370 g/mol. The highest BCUT2D eigenvalue weighted by Gasteiger charge is 2.12. The second kappa shape index (κ2) is 7.27. The summed E-state index contributed by atoms with van der Waals surface area (Å²) in [6, 6.07) is 9.49. The van der Waals surface area contributed by atoms with Crippen LogP contribution in [0, 0.1) is 0 Å². The van der Waals surface area contributed by atoms with E-state index >= 15 is 0 Å². The number of morpholine rings is 1. The molecule has 1 aliphatic rings. The van der Waals surface area contributed by atoms with E-state index in [0.717, 1.165) is 32.0 Å². The number of aromatic nitrogens is 2. The number of carbonyl (C=O) groups is 1. The maximum absolute atomic E-state index is 12.3. The first kappa shape index (κ1) is 16.7. The maximum atomic E-state index is 12.3. The van der Waals surface area contributed by atoms with Crippen LogP contribution in [-0.4, -0.2) is 41.8 Å². The number of carbonyl (C=O) groups excluding carboxylic acids is 1. The van der Waals surface area contributed by atoms with Crippen molar-refractivity contribution in [3.63, 3.8) is 0 Å². The molecule has 7 nitrogen and oxygen atoms in total. The molecule has 0 saturated carbocycles. The molecule has 1 amide bonds. The summed E-state index contributed by atoms with van der Waals surface area (Å²) in [5.74, 6) is -0.260. The Balaban J connectivity index is 1.42. The Morgan fingerprint density at radius 2 is 1.96 bits per heavy atom. The first-order valence-corrected chi connectivity index (χ1v) is 9.24. The highest BCUT2D eigenvalue weighted by molar-refractivity contribution is 7.17. The van der Waals surface area contributed by atoms with Crippen LogP contribution in [0.25, 0.3) is 10.2 Å². The maximum Gasteiger partial charge on any atom is 0.271 e. The number of hydrogen-bond acceptors (Lipinski definition) is 6. The number of benzene rings is 1. The number of rotatable bonds is 4. The van der Waals surface area contributed by atoms with Gasteiger partial charge in [-0.3, -0.25) is 14.2 Å². The molecule has 1 aromatic carbocycles. The van der Waals surface area contributed by atoms with Crippen molar-refractivity contribution in [3.8, 4) is 0 Å². The zero-order valence-electron chi connectivity index (χ0n) is 14.1. The van der Waals surface area contributed by atoms with Gasteiger partial charge in [0.25, 0.3) is 5.56 Å². The topological polar surface area (TPSA) is 76.5 Å². The average molecular weight is 370 g/mol.